The van der Waals surface area contributed by atoms with Crippen LogP contribution in [-0.2, 0) is 4.79 Å². The van der Waals surface area contributed by atoms with Crippen LogP contribution in [0.1, 0.15) is 56.9 Å². The Bertz CT molecular complexity index is 494. The zero-order valence-corrected chi connectivity index (χ0v) is 13.2. The lowest BCUT2D eigenvalue weighted by Gasteiger charge is -2.10. The third-order valence-electron chi connectivity index (χ3n) is 3.25. The fraction of sp³-hybridized carbons (Fsp3) is 0.500. The van der Waals surface area contributed by atoms with Crippen molar-refractivity contribution in [2.45, 2.75) is 51.4 Å². The van der Waals surface area contributed by atoms with E-state index in [4.69, 9.17) is 23.2 Å². The van der Waals surface area contributed by atoms with Crippen molar-refractivity contribution in [1.29, 1.82) is 5.26 Å². The minimum absolute atomic E-state index is 0.0618. The lowest BCUT2D eigenvalue weighted by Crippen LogP contribution is -2.11. The highest BCUT2D eigenvalue weighted by Gasteiger charge is 2.22. The molecule has 4 heteroatoms. The maximum Gasteiger partial charge on any atom is 0.154 e. The van der Waals surface area contributed by atoms with Gasteiger partial charge in [0.15, 0.2) is 5.78 Å². The molecule has 0 aromatic heterocycles. The topological polar surface area (TPSA) is 40.9 Å². The second-order valence-electron chi connectivity index (χ2n) is 4.86. The van der Waals surface area contributed by atoms with Crippen molar-refractivity contribution in [2.75, 3.05) is 0 Å². The van der Waals surface area contributed by atoms with E-state index in [2.05, 4.69) is 13.0 Å². The van der Waals surface area contributed by atoms with Gasteiger partial charge in [-0.25, -0.2) is 0 Å². The monoisotopic (exact) mass is 311 g/mol. The van der Waals surface area contributed by atoms with Gasteiger partial charge in [-0.1, -0.05) is 61.9 Å². The molecule has 0 heterocycles. The molecule has 0 saturated carbocycles. The van der Waals surface area contributed by atoms with Crippen LogP contribution in [0.3, 0.4) is 0 Å². The van der Waals surface area contributed by atoms with E-state index in [0.29, 0.717) is 22.0 Å². The van der Waals surface area contributed by atoms with Gasteiger partial charge >= 0.3 is 0 Å². The molecular weight excluding hydrogens is 293 g/mol. The molecule has 1 aromatic carbocycles. The van der Waals surface area contributed by atoms with E-state index < -0.39 is 5.92 Å². The van der Waals surface area contributed by atoms with Crippen LogP contribution in [0.5, 0.6) is 0 Å². The molecule has 1 unspecified atom stereocenters. The first-order chi connectivity index (χ1) is 9.60. The van der Waals surface area contributed by atoms with Crippen molar-refractivity contribution in [3.8, 4) is 6.07 Å². The quantitative estimate of drug-likeness (QED) is 0.592. The minimum atomic E-state index is -0.786. The molecule has 20 heavy (non-hydrogen) atoms. The lowest BCUT2D eigenvalue weighted by molar-refractivity contribution is -0.119. The number of halogens is 2. The van der Waals surface area contributed by atoms with Gasteiger partial charge in [0.05, 0.1) is 6.07 Å². The van der Waals surface area contributed by atoms with Crippen LogP contribution in [0.4, 0.5) is 0 Å². The van der Waals surface area contributed by atoms with Crippen LogP contribution < -0.4 is 0 Å². The summed E-state index contributed by atoms with van der Waals surface area (Å²) in [5.74, 6) is -0.848. The third kappa shape index (κ3) is 5.15. The number of hydrogen-bond acceptors (Lipinski definition) is 2. The third-order valence-corrected chi connectivity index (χ3v) is 3.81. The second kappa shape index (κ2) is 9.00. The van der Waals surface area contributed by atoms with Crippen molar-refractivity contribution in [1.82, 2.24) is 0 Å². The van der Waals surface area contributed by atoms with E-state index in [1.165, 1.54) is 12.8 Å². The predicted octanol–water partition coefficient (Wildman–Crippen LogP) is 5.53. The molecule has 108 valence electrons. The number of nitrogens with zero attached hydrogens (tertiary/aromatic N) is 1. The van der Waals surface area contributed by atoms with Gasteiger partial charge in [0.25, 0.3) is 0 Å². The fourth-order valence-electron chi connectivity index (χ4n) is 2.10. The van der Waals surface area contributed by atoms with Crippen molar-refractivity contribution < 1.29 is 4.79 Å². The Labute approximate surface area is 130 Å². The summed E-state index contributed by atoms with van der Waals surface area (Å²) in [6, 6.07) is 6.93. The molecule has 1 rings (SSSR count). The number of carbonyl (C=O) groups excluding carboxylic acids is 1. The molecule has 0 amide bonds. The van der Waals surface area contributed by atoms with Gasteiger partial charge in [0.2, 0.25) is 0 Å². The standard InChI is InChI=1S/C16H19Cl2NO/c1-2-3-4-5-6-7-16(20)14(11-19)13-9-8-12(17)10-15(13)18/h8-10,14H,2-7H2,1H3. The van der Waals surface area contributed by atoms with Gasteiger partial charge < -0.3 is 0 Å². The number of rotatable bonds is 8. The number of benzene rings is 1. The van der Waals surface area contributed by atoms with E-state index in [9.17, 15) is 10.1 Å². The van der Waals surface area contributed by atoms with Gasteiger partial charge in [0.1, 0.15) is 5.92 Å². The van der Waals surface area contributed by atoms with Crippen molar-refractivity contribution in [3.63, 3.8) is 0 Å². The molecule has 1 aromatic rings. The molecule has 0 radical (unpaired) electrons. The summed E-state index contributed by atoms with van der Waals surface area (Å²) in [6.07, 6.45) is 5.81. The normalized spacial score (nSPS) is 11.9. The summed E-state index contributed by atoms with van der Waals surface area (Å²) in [6.45, 7) is 2.15. The smallest absolute Gasteiger partial charge is 0.154 e. The SMILES string of the molecule is CCCCCCCC(=O)C(C#N)c1ccc(Cl)cc1Cl. The van der Waals surface area contributed by atoms with Crippen LogP contribution in [0.15, 0.2) is 18.2 Å². The van der Waals surface area contributed by atoms with Crippen molar-refractivity contribution >= 4 is 29.0 Å². The summed E-state index contributed by atoms with van der Waals surface area (Å²) >= 11 is 11.9. The second-order valence-corrected chi connectivity index (χ2v) is 5.70. The fourth-order valence-corrected chi connectivity index (χ4v) is 2.62. The maximum absolute atomic E-state index is 12.1. The first-order valence-electron chi connectivity index (χ1n) is 6.97. The van der Waals surface area contributed by atoms with Crippen molar-refractivity contribution in [3.05, 3.63) is 33.8 Å². The molecule has 0 aliphatic rings. The molecule has 2 nitrogen and oxygen atoms in total. The van der Waals surface area contributed by atoms with Crippen LogP contribution in [-0.4, -0.2) is 5.78 Å². The zero-order chi connectivity index (χ0) is 15.0. The number of unbranched alkanes of at least 4 members (excludes halogenated alkanes) is 4. The zero-order valence-electron chi connectivity index (χ0n) is 11.7. The highest BCUT2D eigenvalue weighted by Crippen LogP contribution is 2.29. The van der Waals surface area contributed by atoms with E-state index in [1.54, 1.807) is 18.2 Å². The Morgan fingerprint density at radius 1 is 1.25 bits per heavy atom. The minimum Gasteiger partial charge on any atom is -0.298 e. The van der Waals surface area contributed by atoms with Gasteiger partial charge in [0, 0.05) is 16.5 Å². The van der Waals surface area contributed by atoms with Gasteiger partial charge in [-0.3, -0.25) is 4.79 Å². The van der Waals surface area contributed by atoms with Crippen LogP contribution in [0.2, 0.25) is 10.0 Å². The first kappa shape index (κ1) is 17.0. The first-order valence-corrected chi connectivity index (χ1v) is 7.73. The highest BCUT2D eigenvalue weighted by atomic mass is 35.5. The van der Waals surface area contributed by atoms with E-state index >= 15 is 0 Å². The Morgan fingerprint density at radius 3 is 2.55 bits per heavy atom. The van der Waals surface area contributed by atoms with Crippen LogP contribution in [0, 0.1) is 11.3 Å². The average molecular weight is 312 g/mol. The largest absolute Gasteiger partial charge is 0.298 e. The molecule has 0 aliphatic heterocycles. The van der Waals surface area contributed by atoms with Crippen LogP contribution >= 0.6 is 23.2 Å². The molecule has 0 saturated heterocycles. The average Bonchev–Trinajstić information content (AvgIpc) is 2.41. The van der Waals surface area contributed by atoms with E-state index in [1.807, 2.05) is 0 Å². The highest BCUT2D eigenvalue weighted by molar-refractivity contribution is 6.35. The molecule has 0 fully saturated rings. The molecule has 0 spiro atoms. The van der Waals surface area contributed by atoms with Gasteiger partial charge in [-0.05, 0) is 24.1 Å². The molecule has 1 atom stereocenters. The lowest BCUT2D eigenvalue weighted by atomic mass is 9.93. The summed E-state index contributed by atoms with van der Waals surface area (Å²) in [5, 5.41) is 10.1. The molecule has 0 aliphatic carbocycles. The number of hydrogen-bond donors (Lipinski definition) is 0. The Hall–Kier alpha value is -1.04. The summed E-state index contributed by atoms with van der Waals surface area (Å²) < 4.78 is 0. The predicted molar refractivity (Wildman–Crippen MR) is 83.2 cm³/mol. The number of ketones is 1. The molecule has 0 N–H and O–H groups in total. The number of carbonyl (C=O) groups is 1. The number of Topliss-reactive ketones (excluding diaryl/α,β-unsaturated/α-hetero) is 1. The van der Waals surface area contributed by atoms with Crippen LogP contribution in [0.25, 0.3) is 0 Å². The Kier molecular flexibility index (Phi) is 7.65. The van der Waals surface area contributed by atoms with Gasteiger partial charge in [-0.2, -0.15) is 5.26 Å². The van der Waals surface area contributed by atoms with Crippen molar-refractivity contribution in [2.24, 2.45) is 0 Å². The Balaban J connectivity index is 2.62. The summed E-state index contributed by atoms with van der Waals surface area (Å²) in [7, 11) is 0. The van der Waals surface area contributed by atoms with Gasteiger partial charge in [-0.15, -0.1) is 0 Å². The van der Waals surface area contributed by atoms with E-state index in [0.717, 1.165) is 19.3 Å². The summed E-state index contributed by atoms with van der Waals surface area (Å²) in [4.78, 5) is 12.1. The summed E-state index contributed by atoms with van der Waals surface area (Å²) in [5.41, 5.74) is 0.553. The number of nitriles is 1. The molecule has 0 bridgehead atoms. The maximum atomic E-state index is 12.1. The Morgan fingerprint density at radius 2 is 1.95 bits per heavy atom. The molecular formula is C16H19Cl2NO. The van der Waals surface area contributed by atoms with E-state index in [-0.39, 0.29) is 5.78 Å².